The maximum atomic E-state index is 9.00. The van der Waals surface area contributed by atoms with Crippen molar-refractivity contribution >= 4 is 6.21 Å². The van der Waals surface area contributed by atoms with Gasteiger partial charge in [0, 0.05) is 12.8 Å². The quantitative estimate of drug-likeness (QED) is 0.531. The third kappa shape index (κ3) is 5.63. The number of rotatable bonds is 2. The third-order valence-corrected chi connectivity index (χ3v) is 0.590. The Morgan fingerprint density at radius 2 is 2.12 bits per heavy atom. The van der Waals surface area contributed by atoms with Gasteiger partial charge in [0.2, 0.25) is 0 Å². The van der Waals surface area contributed by atoms with Crippen molar-refractivity contribution in [2.75, 3.05) is 6.54 Å². The maximum Gasteiger partial charge on any atom is 0.0936 e. The van der Waals surface area contributed by atoms with Crippen LogP contribution in [0.25, 0.3) is 0 Å². The molecule has 2 nitrogen and oxygen atoms in total. The van der Waals surface area contributed by atoms with Crippen LogP contribution in [0.4, 0.5) is 0 Å². The smallest absolute Gasteiger partial charge is 0.0936 e. The van der Waals surface area contributed by atoms with Crippen LogP contribution < -0.4 is 0 Å². The predicted molar refractivity (Wildman–Crippen MR) is 35.3 cm³/mol. The van der Waals surface area contributed by atoms with Crippen molar-refractivity contribution in [3.8, 4) is 0 Å². The molecular weight excluding hydrogens is 102 g/mol. The van der Waals surface area contributed by atoms with Crippen LogP contribution in [0.1, 0.15) is 20.8 Å². The van der Waals surface area contributed by atoms with Gasteiger partial charge in [0.25, 0.3) is 0 Å². The molecule has 0 bridgehead atoms. The standard InChI is InChI=1S/C6H13NO/c1-4-7-5-6(2,3)8/h5,8H,4H2,1-3H3. The first kappa shape index (κ1) is 7.63. The average Bonchev–Trinajstić information content (AvgIpc) is 1.59. The normalized spacial score (nSPS) is 13.0. The number of aliphatic imine (C=N–C) groups is 1. The lowest BCUT2D eigenvalue weighted by molar-refractivity contribution is 0.159. The first-order valence-corrected chi connectivity index (χ1v) is 2.79. The minimum absolute atomic E-state index is 0.740. The zero-order chi connectivity index (χ0) is 6.62. The molecule has 0 aliphatic rings. The van der Waals surface area contributed by atoms with Gasteiger partial charge in [-0.15, -0.1) is 0 Å². The summed E-state index contributed by atoms with van der Waals surface area (Å²) >= 11 is 0. The van der Waals surface area contributed by atoms with Crippen LogP contribution in [0, 0.1) is 0 Å². The van der Waals surface area contributed by atoms with Crippen LogP contribution in [0.5, 0.6) is 0 Å². The number of hydrogen-bond acceptors (Lipinski definition) is 2. The number of aliphatic hydroxyl groups is 1. The van der Waals surface area contributed by atoms with Crippen molar-refractivity contribution in [2.45, 2.75) is 26.4 Å². The summed E-state index contributed by atoms with van der Waals surface area (Å²) in [4.78, 5) is 3.87. The molecule has 0 unspecified atom stereocenters. The van der Waals surface area contributed by atoms with E-state index in [4.69, 9.17) is 5.11 Å². The second-order valence-electron chi connectivity index (χ2n) is 2.28. The van der Waals surface area contributed by atoms with Crippen molar-refractivity contribution in [3.63, 3.8) is 0 Å². The minimum Gasteiger partial charge on any atom is -0.385 e. The summed E-state index contributed by atoms with van der Waals surface area (Å²) in [7, 11) is 0. The molecule has 0 amide bonds. The van der Waals surface area contributed by atoms with Crippen molar-refractivity contribution in [2.24, 2.45) is 4.99 Å². The van der Waals surface area contributed by atoms with Gasteiger partial charge in [-0.1, -0.05) is 0 Å². The van der Waals surface area contributed by atoms with Gasteiger partial charge < -0.3 is 5.11 Å². The fourth-order valence-corrected chi connectivity index (χ4v) is 0.315. The molecule has 0 aromatic carbocycles. The molecule has 0 fully saturated rings. The zero-order valence-electron chi connectivity index (χ0n) is 5.68. The molecule has 0 atom stereocenters. The molecule has 0 aliphatic heterocycles. The summed E-state index contributed by atoms with van der Waals surface area (Å²) in [6.07, 6.45) is 1.55. The Kier molecular flexibility index (Phi) is 2.69. The van der Waals surface area contributed by atoms with Gasteiger partial charge in [-0.05, 0) is 20.8 Å². The molecule has 0 spiro atoms. The maximum absolute atomic E-state index is 9.00. The van der Waals surface area contributed by atoms with Crippen LogP contribution in [-0.2, 0) is 0 Å². The third-order valence-electron chi connectivity index (χ3n) is 0.590. The van der Waals surface area contributed by atoms with Gasteiger partial charge in [-0.25, -0.2) is 0 Å². The Bertz CT molecular complexity index is 81.0. The highest BCUT2D eigenvalue weighted by atomic mass is 16.3. The Hall–Kier alpha value is -0.370. The summed E-state index contributed by atoms with van der Waals surface area (Å²) in [5.74, 6) is 0. The lowest BCUT2D eigenvalue weighted by atomic mass is 10.2. The Morgan fingerprint density at radius 3 is 2.25 bits per heavy atom. The Morgan fingerprint density at radius 1 is 1.62 bits per heavy atom. The van der Waals surface area contributed by atoms with E-state index in [1.807, 2.05) is 6.92 Å². The van der Waals surface area contributed by atoms with Gasteiger partial charge in [0.15, 0.2) is 0 Å². The molecule has 48 valence electrons. The van der Waals surface area contributed by atoms with E-state index >= 15 is 0 Å². The second kappa shape index (κ2) is 2.82. The first-order valence-electron chi connectivity index (χ1n) is 2.79. The van der Waals surface area contributed by atoms with E-state index in [1.54, 1.807) is 20.1 Å². The highest BCUT2D eigenvalue weighted by molar-refractivity contribution is 5.66. The SMILES string of the molecule is CCN=CC(C)(C)O. The van der Waals surface area contributed by atoms with E-state index in [0.29, 0.717) is 0 Å². The van der Waals surface area contributed by atoms with Gasteiger partial charge in [-0.2, -0.15) is 0 Å². The van der Waals surface area contributed by atoms with Crippen molar-refractivity contribution in [1.29, 1.82) is 0 Å². The summed E-state index contributed by atoms with van der Waals surface area (Å²) < 4.78 is 0. The van der Waals surface area contributed by atoms with Crippen molar-refractivity contribution in [3.05, 3.63) is 0 Å². The van der Waals surface area contributed by atoms with E-state index < -0.39 is 5.60 Å². The molecule has 0 heterocycles. The molecule has 2 heteroatoms. The van der Waals surface area contributed by atoms with Gasteiger partial charge in [0.05, 0.1) is 5.60 Å². The zero-order valence-corrected chi connectivity index (χ0v) is 5.68. The van der Waals surface area contributed by atoms with Crippen LogP contribution >= 0.6 is 0 Å². The molecule has 1 N–H and O–H groups in total. The summed E-state index contributed by atoms with van der Waals surface area (Å²) in [5, 5.41) is 9.00. The monoisotopic (exact) mass is 115 g/mol. The van der Waals surface area contributed by atoms with E-state index in [-0.39, 0.29) is 0 Å². The van der Waals surface area contributed by atoms with E-state index in [2.05, 4.69) is 4.99 Å². The Labute approximate surface area is 50.3 Å². The molecule has 0 aliphatic carbocycles. The topological polar surface area (TPSA) is 32.6 Å². The molecule has 0 rings (SSSR count). The highest BCUT2D eigenvalue weighted by Gasteiger charge is 2.05. The molecule has 0 aromatic rings. The minimum atomic E-state index is -0.740. The largest absolute Gasteiger partial charge is 0.385 e. The molecule has 0 aromatic heterocycles. The van der Waals surface area contributed by atoms with E-state index in [0.717, 1.165) is 6.54 Å². The fourth-order valence-electron chi connectivity index (χ4n) is 0.315. The van der Waals surface area contributed by atoms with Crippen molar-refractivity contribution < 1.29 is 5.11 Å². The van der Waals surface area contributed by atoms with E-state index in [9.17, 15) is 0 Å². The lowest BCUT2D eigenvalue weighted by Gasteiger charge is -2.07. The van der Waals surface area contributed by atoms with E-state index in [1.165, 1.54) is 0 Å². The van der Waals surface area contributed by atoms with Crippen LogP contribution in [0.15, 0.2) is 4.99 Å². The van der Waals surface area contributed by atoms with Crippen molar-refractivity contribution in [1.82, 2.24) is 0 Å². The second-order valence-corrected chi connectivity index (χ2v) is 2.28. The first-order chi connectivity index (χ1) is 3.56. The summed E-state index contributed by atoms with van der Waals surface area (Å²) in [6, 6.07) is 0. The van der Waals surface area contributed by atoms with Gasteiger partial charge in [0.1, 0.15) is 0 Å². The predicted octanol–water partition coefficient (Wildman–Crippen LogP) is 0.848. The highest BCUT2D eigenvalue weighted by Crippen LogP contribution is 1.94. The summed E-state index contributed by atoms with van der Waals surface area (Å²) in [5.41, 5.74) is -0.740. The molecule has 0 saturated heterocycles. The van der Waals surface area contributed by atoms with Gasteiger partial charge in [-0.3, -0.25) is 4.99 Å². The number of hydrogen-bond donors (Lipinski definition) is 1. The average molecular weight is 115 g/mol. The number of nitrogens with zero attached hydrogens (tertiary/aromatic N) is 1. The fraction of sp³-hybridized carbons (Fsp3) is 0.833. The van der Waals surface area contributed by atoms with Gasteiger partial charge >= 0.3 is 0 Å². The van der Waals surface area contributed by atoms with Crippen LogP contribution in [0.2, 0.25) is 0 Å². The summed E-state index contributed by atoms with van der Waals surface area (Å²) in [6.45, 7) is 6.07. The lowest BCUT2D eigenvalue weighted by Crippen LogP contribution is -2.20. The Balaban J connectivity index is 3.52. The molecular formula is C6H13NO. The molecule has 8 heavy (non-hydrogen) atoms. The molecule has 0 saturated carbocycles. The van der Waals surface area contributed by atoms with Crippen LogP contribution in [-0.4, -0.2) is 23.5 Å². The van der Waals surface area contributed by atoms with Crippen LogP contribution in [0.3, 0.4) is 0 Å². The molecule has 0 radical (unpaired) electrons.